The minimum atomic E-state index is -0.944. The van der Waals surface area contributed by atoms with E-state index in [1.807, 2.05) is 13.0 Å². The van der Waals surface area contributed by atoms with Crippen molar-refractivity contribution in [3.05, 3.63) is 54.3 Å². The average molecular weight is 380 g/mol. The Hall–Kier alpha value is -0.230. The van der Waals surface area contributed by atoms with Gasteiger partial charge in [0.1, 0.15) is 11.9 Å². The second-order valence-electron chi connectivity index (χ2n) is 3.64. The van der Waals surface area contributed by atoms with Crippen molar-refractivity contribution in [2.24, 2.45) is 0 Å². The Morgan fingerprint density at radius 3 is 2.59 bits per heavy atom. The predicted octanol–water partition coefficient (Wildman–Crippen LogP) is 4.80. The van der Waals surface area contributed by atoms with Gasteiger partial charge in [-0.25, -0.2) is 4.39 Å². The molecule has 1 atom stereocenters. The van der Waals surface area contributed by atoms with Crippen LogP contribution in [0.2, 0.25) is 0 Å². The van der Waals surface area contributed by atoms with Gasteiger partial charge in [-0.15, -0.1) is 11.3 Å². The molecular formula is C12H9Br2FOS. The lowest BCUT2D eigenvalue weighted by atomic mass is 10.1. The zero-order valence-electron chi connectivity index (χ0n) is 8.88. The van der Waals surface area contributed by atoms with Crippen molar-refractivity contribution in [2.45, 2.75) is 13.0 Å². The van der Waals surface area contributed by atoms with Crippen LogP contribution >= 0.6 is 43.2 Å². The Balaban J connectivity index is 2.46. The molecular weight excluding hydrogens is 371 g/mol. The van der Waals surface area contributed by atoms with Gasteiger partial charge in [-0.05, 0) is 47.1 Å². The first-order chi connectivity index (χ1) is 7.99. The third kappa shape index (κ3) is 2.78. The van der Waals surface area contributed by atoms with Crippen molar-refractivity contribution in [3.63, 3.8) is 0 Å². The summed E-state index contributed by atoms with van der Waals surface area (Å²) in [5.74, 6) is -0.404. The minimum Gasteiger partial charge on any atom is -0.383 e. The summed E-state index contributed by atoms with van der Waals surface area (Å²) in [4.78, 5) is 1.79. The molecule has 0 amide bonds. The summed E-state index contributed by atoms with van der Waals surface area (Å²) in [7, 11) is 0. The van der Waals surface area contributed by atoms with Crippen LogP contribution in [0.4, 0.5) is 4.39 Å². The largest absolute Gasteiger partial charge is 0.383 e. The second-order valence-corrected chi connectivity index (χ2v) is 6.70. The molecule has 1 aromatic heterocycles. The summed E-state index contributed by atoms with van der Waals surface area (Å²) in [6.07, 6.45) is -0.944. The van der Waals surface area contributed by atoms with Crippen LogP contribution in [-0.4, -0.2) is 5.11 Å². The summed E-state index contributed by atoms with van der Waals surface area (Å²) in [5.41, 5.74) is 0.280. The van der Waals surface area contributed by atoms with Crippen molar-refractivity contribution in [1.82, 2.24) is 0 Å². The Morgan fingerprint density at radius 1 is 1.29 bits per heavy atom. The molecule has 1 N–H and O–H groups in total. The molecule has 0 bridgehead atoms. The van der Waals surface area contributed by atoms with E-state index in [0.29, 0.717) is 0 Å². The molecule has 1 nitrogen and oxygen atoms in total. The molecule has 5 heteroatoms. The molecule has 2 aromatic rings. The number of thiophene rings is 1. The summed E-state index contributed by atoms with van der Waals surface area (Å²) in [6, 6.07) is 6.47. The molecule has 0 spiro atoms. The number of benzene rings is 1. The summed E-state index contributed by atoms with van der Waals surface area (Å²) in [6.45, 7) is 1.95. The molecule has 0 fully saturated rings. The molecule has 1 unspecified atom stereocenters. The zero-order chi connectivity index (χ0) is 12.6. The maximum atomic E-state index is 13.7. The maximum Gasteiger partial charge on any atom is 0.129 e. The molecule has 0 aliphatic carbocycles. The normalized spacial score (nSPS) is 12.8. The van der Waals surface area contributed by atoms with E-state index < -0.39 is 11.9 Å². The summed E-state index contributed by atoms with van der Waals surface area (Å²) >= 11 is 8.10. The molecule has 1 heterocycles. The highest BCUT2D eigenvalue weighted by molar-refractivity contribution is 9.10. The number of hydrogen-bond acceptors (Lipinski definition) is 2. The van der Waals surface area contributed by atoms with Crippen LogP contribution in [0.15, 0.2) is 33.2 Å². The first kappa shape index (κ1) is 13.2. The Kier molecular flexibility index (Phi) is 4.02. The molecule has 2 rings (SSSR count). The molecule has 90 valence electrons. The highest BCUT2D eigenvalue weighted by Gasteiger charge is 2.19. The van der Waals surface area contributed by atoms with Crippen molar-refractivity contribution in [1.29, 1.82) is 0 Å². The first-order valence-electron chi connectivity index (χ1n) is 4.88. The lowest BCUT2D eigenvalue weighted by molar-refractivity contribution is 0.218. The van der Waals surface area contributed by atoms with Gasteiger partial charge in [0.15, 0.2) is 0 Å². The third-order valence-corrected chi connectivity index (χ3v) is 4.85. The molecule has 0 saturated heterocycles. The van der Waals surface area contributed by atoms with Crippen LogP contribution in [0.3, 0.4) is 0 Å². The van der Waals surface area contributed by atoms with E-state index in [1.54, 1.807) is 12.1 Å². The monoisotopic (exact) mass is 378 g/mol. The fourth-order valence-electron chi connectivity index (χ4n) is 1.55. The van der Waals surface area contributed by atoms with Crippen molar-refractivity contribution in [2.75, 3.05) is 0 Å². The van der Waals surface area contributed by atoms with Crippen LogP contribution in [0.1, 0.15) is 21.4 Å². The number of rotatable bonds is 2. The second kappa shape index (κ2) is 5.18. The Morgan fingerprint density at radius 2 is 2.00 bits per heavy atom. The van der Waals surface area contributed by atoms with E-state index in [4.69, 9.17) is 0 Å². The fourth-order valence-corrected chi connectivity index (χ4v) is 3.81. The lowest BCUT2D eigenvalue weighted by Gasteiger charge is -2.11. The number of hydrogen-bond donors (Lipinski definition) is 1. The number of aliphatic hydroxyl groups is 1. The molecule has 0 aliphatic heterocycles. The quantitative estimate of drug-likeness (QED) is 0.794. The van der Waals surface area contributed by atoms with Crippen molar-refractivity contribution in [3.8, 4) is 0 Å². The first-order valence-corrected chi connectivity index (χ1v) is 7.28. The molecule has 1 aromatic carbocycles. The topological polar surface area (TPSA) is 20.2 Å². The maximum absolute atomic E-state index is 13.7. The highest BCUT2D eigenvalue weighted by Crippen LogP contribution is 2.36. The van der Waals surface area contributed by atoms with Crippen LogP contribution in [0.5, 0.6) is 0 Å². The smallest absolute Gasteiger partial charge is 0.129 e. The molecule has 17 heavy (non-hydrogen) atoms. The van der Waals surface area contributed by atoms with Crippen LogP contribution in [0, 0.1) is 12.7 Å². The summed E-state index contributed by atoms with van der Waals surface area (Å²) < 4.78 is 15.2. The van der Waals surface area contributed by atoms with E-state index in [2.05, 4.69) is 31.9 Å². The van der Waals surface area contributed by atoms with Crippen molar-refractivity contribution >= 4 is 43.2 Å². The van der Waals surface area contributed by atoms with E-state index in [0.717, 1.165) is 18.7 Å². The molecule has 0 radical (unpaired) electrons. The number of aliphatic hydroxyl groups excluding tert-OH is 1. The zero-order valence-corrected chi connectivity index (χ0v) is 12.9. The molecule has 0 aliphatic rings. The summed E-state index contributed by atoms with van der Waals surface area (Å²) in [5, 5.41) is 10.2. The van der Waals surface area contributed by atoms with Gasteiger partial charge >= 0.3 is 0 Å². The average Bonchev–Trinajstić information content (AvgIpc) is 2.60. The Bertz CT molecular complexity index is 553. The Labute approximate surface area is 120 Å². The van der Waals surface area contributed by atoms with Gasteiger partial charge in [0.05, 0.1) is 4.88 Å². The minimum absolute atomic E-state index is 0.280. The van der Waals surface area contributed by atoms with Crippen LogP contribution < -0.4 is 0 Å². The fraction of sp³-hybridized carbons (Fsp3) is 0.167. The van der Waals surface area contributed by atoms with Gasteiger partial charge in [0.25, 0.3) is 0 Å². The van der Waals surface area contributed by atoms with E-state index in [9.17, 15) is 9.50 Å². The van der Waals surface area contributed by atoms with Crippen LogP contribution in [-0.2, 0) is 0 Å². The standard InChI is InChI=1S/C12H9Br2FOS/c1-6-4-9(14)12(17-6)11(16)8-5-7(13)2-3-10(8)15/h2-5,11,16H,1H3. The van der Waals surface area contributed by atoms with Gasteiger partial charge in [-0.2, -0.15) is 0 Å². The molecule has 0 saturated carbocycles. The number of halogens is 3. The third-order valence-electron chi connectivity index (χ3n) is 2.34. The van der Waals surface area contributed by atoms with Gasteiger partial charge in [-0.3, -0.25) is 0 Å². The van der Waals surface area contributed by atoms with Gasteiger partial charge in [-0.1, -0.05) is 15.9 Å². The van der Waals surface area contributed by atoms with E-state index in [-0.39, 0.29) is 5.56 Å². The number of aryl methyl sites for hydroxylation is 1. The lowest BCUT2D eigenvalue weighted by Crippen LogP contribution is -2.01. The van der Waals surface area contributed by atoms with E-state index in [1.165, 1.54) is 17.4 Å². The SMILES string of the molecule is Cc1cc(Br)c(C(O)c2cc(Br)ccc2F)s1. The van der Waals surface area contributed by atoms with Gasteiger partial charge < -0.3 is 5.11 Å². The van der Waals surface area contributed by atoms with Crippen LogP contribution in [0.25, 0.3) is 0 Å². The predicted molar refractivity (Wildman–Crippen MR) is 74.9 cm³/mol. The van der Waals surface area contributed by atoms with E-state index >= 15 is 0 Å². The van der Waals surface area contributed by atoms with Gasteiger partial charge in [0, 0.05) is 19.4 Å². The van der Waals surface area contributed by atoms with Crippen molar-refractivity contribution < 1.29 is 9.50 Å². The van der Waals surface area contributed by atoms with Gasteiger partial charge in [0.2, 0.25) is 0 Å². The highest BCUT2D eigenvalue weighted by atomic mass is 79.9.